The number of nitrogens with zero attached hydrogens (tertiary/aromatic N) is 4. The van der Waals surface area contributed by atoms with Crippen LogP contribution in [0, 0.1) is 18.8 Å². The molecule has 1 aliphatic heterocycles. The van der Waals surface area contributed by atoms with Crippen molar-refractivity contribution in [2.24, 2.45) is 0 Å². The predicted octanol–water partition coefficient (Wildman–Crippen LogP) is 14.9. The van der Waals surface area contributed by atoms with E-state index >= 15 is 0 Å². The third-order valence-corrected chi connectivity index (χ3v) is 12.9. The second kappa shape index (κ2) is 16.6. The Morgan fingerprint density at radius 3 is 1.75 bits per heavy atom. The normalized spacial score (nSPS) is 13.0. The van der Waals surface area contributed by atoms with Crippen LogP contribution in [0.25, 0.3) is 27.6 Å². The SMILES string of the molecule is CC(C)(C)c1ccnc(-n2c3[c-]c(Oc4[c-]c(N5[CH-]N(c6cc(C(C)(C)c7ccccc7)cc(C(C)(C)c7ccccc7)c6)c6ccccc65)ccc4)ccc3c3ccccc32)c1.[Pt]. The Bertz CT molecular complexity index is 3060. The van der Waals surface area contributed by atoms with Crippen LogP contribution in [0.1, 0.15) is 76.3 Å². The van der Waals surface area contributed by atoms with Gasteiger partial charge in [-0.1, -0.05) is 151 Å². The van der Waals surface area contributed by atoms with E-state index in [0.717, 1.165) is 50.4 Å². The number of hydrogen-bond acceptors (Lipinski definition) is 4. The Balaban J connectivity index is 0.00000518. The number of fused-ring (bicyclic) bond motifs is 4. The van der Waals surface area contributed by atoms with Gasteiger partial charge in [-0.15, -0.1) is 48.1 Å². The summed E-state index contributed by atoms with van der Waals surface area (Å²) < 4.78 is 8.84. The first-order valence-electron chi connectivity index (χ1n) is 21.8. The number of para-hydroxylation sites is 3. The molecule has 3 heterocycles. The van der Waals surface area contributed by atoms with Gasteiger partial charge in [-0.25, -0.2) is 4.98 Å². The van der Waals surface area contributed by atoms with Crippen LogP contribution in [-0.4, -0.2) is 9.55 Å². The molecule has 2 aromatic heterocycles. The summed E-state index contributed by atoms with van der Waals surface area (Å²) in [5, 5.41) is 2.23. The summed E-state index contributed by atoms with van der Waals surface area (Å²) in [7, 11) is 0. The molecule has 0 N–H and O–H groups in total. The first kappa shape index (κ1) is 42.9. The Morgan fingerprint density at radius 2 is 1.09 bits per heavy atom. The van der Waals surface area contributed by atoms with Gasteiger partial charge in [-0.2, -0.15) is 12.1 Å². The third-order valence-electron chi connectivity index (χ3n) is 12.9. The van der Waals surface area contributed by atoms with Gasteiger partial charge in [0.15, 0.2) is 0 Å². The van der Waals surface area contributed by atoms with Gasteiger partial charge in [0.05, 0.1) is 0 Å². The van der Waals surface area contributed by atoms with Crippen molar-refractivity contribution in [3.8, 4) is 17.3 Å². The number of rotatable bonds is 9. The molecular formula is C58H51N4OPt-3. The van der Waals surface area contributed by atoms with Crippen LogP contribution in [0.5, 0.6) is 11.5 Å². The summed E-state index contributed by atoms with van der Waals surface area (Å²) in [6.07, 6.45) is 1.90. The summed E-state index contributed by atoms with van der Waals surface area (Å²) >= 11 is 0. The van der Waals surface area contributed by atoms with Gasteiger partial charge in [0.1, 0.15) is 5.82 Å². The van der Waals surface area contributed by atoms with E-state index in [0.29, 0.717) is 11.5 Å². The minimum atomic E-state index is -0.251. The molecule has 0 saturated heterocycles. The average Bonchev–Trinajstić information content (AvgIpc) is 3.85. The summed E-state index contributed by atoms with van der Waals surface area (Å²) in [6, 6.07) is 67.5. The number of benzene rings is 7. The van der Waals surface area contributed by atoms with Gasteiger partial charge in [0, 0.05) is 72.2 Å². The average molecular weight is 1020 g/mol. The molecule has 7 aromatic carbocycles. The largest absolute Gasteiger partial charge is 0.509 e. The van der Waals surface area contributed by atoms with Crippen molar-refractivity contribution in [2.45, 2.75) is 64.7 Å². The fourth-order valence-electron chi connectivity index (χ4n) is 8.96. The molecule has 1 aliphatic rings. The van der Waals surface area contributed by atoms with Crippen molar-refractivity contribution in [3.05, 3.63) is 223 Å². The van der Waals surface area contributed by atoms with Gasteiger partial charge < -0.3 is 19.1 Å². The molecule has 10 rings (SSSR count). The maximum atomic E-state index is 6.64. The zero-order valence-electron chi connectivity index (χ0n) is 37.3. The molecule has 5 nitrogen and oxygen atoms in total. The quantitative estimate of drug-likeness (QED) is 0.135. The predicted molar refractivity (Wildman–Crippen MR) is 260 cm³/mol. The molecule has 9 aromatic rings. The molecule has 0 unspecified atom stereocenters. The van der Waals surface area contributed by atoms with E-state index in [-0.39, 0.29) is 37.3 Å². The fraction of sp³-hybridized carbons (Fsp3) is 0.172. The molecule has 322 valence electrons. The van der Waals surface area contributed by atoms with Gasteiger partial charge in [-0.3, -0.25) is 0 Å². The van der Waals surface area contributed by atoms with Crippen molar-refractivity contribution in [3.63, 3.8) is 0 Å². The number of ether oxygens (including phenoxy) is 1. The van der Waals surface area contributed by atoms with E-state index < -0.39 is 0 Å². The maximum absolute atomic E-state index is 6.64. The summed E-state index contributed by atoms with van der Waals surface area (Å²) in [5.41, 5.74) is 11.8. The smallest absolute Gasteiger partial charge is 0.135 e. The van der Waals surface area contributed by atoms with Crippen LogP contribution in [-0.2, 0) is 37.3 Å². The molecule has 0 fully saturated rings. The molecule has 0 saturated carbocycles. The summed E-state index contributed by atoms with van der Waals surface area (Å²) in [4.78, 5) is 9.38. The van der Waals surface area contributed by atoms with Crippen LogP contribution < -0.4 is 14.5 Å². The van der Waals surface area contributed by atoms with Crippen molar-refractivity contribution in [2.75, 3.05) is 9.80 Å². The Hall–Kier alpha value is -6.42. The molecule has 0 amide bonds. The minimum Gasteiger partial charge on any atom is -0.509 e. The molecule has 0 spiro atoms. The minimum absolute atomic E-state index is 0. The van der Waals surface area contributed by atoms with Crippen molar-refractivity contribution < 1.29 is 25.8 Å². The summed E-state index contributed by atoms with van der Waals surface area (Å²) in [5.74, 6) is 2.06. The number of anilines is 4. The molecule has 0 aliphatic carbocycles. The molecule has 0 radical (unpaired) electrons. The van der Waals surface area contributed by atoms with E-state index in [9.17, 15) is 0 Å². The van der Waals surface area contributed by atoms with E-state index in [2.05, 4.69) is 233 Å². The molecule has 0 bridgehead atoms. The van der Waals surface area contributed by atoms with Gasteiger partial charge in [0.25, 0.3) is 0 Å². The van der Waals surface area contributed by atoms with Crippen LogP contribution in [0.2, 0.25) is 0 Å². The van der Waals surface area contributed by atoms with Crippen molar-refractivity contribution in [1.29, 1.82) is 0 Å². The maximum Gasteiger partial charge on any atom is 0.135 e. The van der Waals surface area contributed by atoms with Gasteiger partial charge in [-0.05, 0) is 81.1 Å². The van der Waals surface area contributed by atoms with E-state index in [1.165, 1.54) is 27.8 Å². The molecule has 0 atom stereocenters. The Morgan fingerprint density at radius 1 is 0.500 bits per heavy atom. The number of hydrogen-bond donors (Lipinski definition) is 0. The molecule has 64 heavy (non-hydrogen) atoms. The monoisotopic (exact) mass is 1010 g/mol. The number of pyridine rings is 1. The number of aromatic nitrogens is 2. The van der Waals surface area contributed by atoms with Crippen LogP contribution in [0.15, 0.2) is 176 Å². The second-order valence-electron chi connectivity index (χ2n) is 18.7. The van der Waals surface area contributed by atoms with E-state index in [4.69, 9.17) is 9.72 Å². The molecule has 6 heteroatoms. The summed E-state index contributed by atoms with van der Waals surface area (Å²) in [6.45, 7) is 18.2. The Labute approximate surface area is 392 Å². The zero-order chi connectivity index (χ0) is 43.5. The van der Waals surface area contributed by atoms with Crippen LogP contribution in [0.3, 0.4) is 0 Å². The van der Waals surface area contributed by atoms with Gasteiger partial charge in [0.2, 0.25) is 0 Å². The van der Waals surface area contributed by atoms with Crippen molar-refractivity contribution in [1.82, 2.24) is 9.55 Å². The first-order chi connectivity index (χ1) is 30.4. The van der Waals surface area contributed by atoms with E-state index in [1.54, 1.807) is 0 Å². The van der Waals surface area contributed by atoms with E-state index in [1.807, 2.05) is 24.4 Å². The van der Waals surface area contributed by atoms with Crippen LogP contribution >= 0.6 is 0 Å². The van der Waals surface area contributed by atoms with Crippen LogP contribution in [0.4, 0.5) is 22.7 Å². The van der Waals surface area contributed by atoms with Gasteiger partial charge >= 0.3 is 0 Å². The second-order valence-corrected chi connectivity index (χ2v) is 18.7. The first-order valence-corrected chi connectivity index (χ1v) is 21.8. The van der Waals surface area contributed by atoms with Crippen molar-refractivity contribution >= 4 is 44.6 Å². The Kier molecular flexibility index (Phi) is 11.1. The zero-order valence-corrected chi connectivity index (χ0v) is 39.6. The third kappa shape index (κ3) is 7.71. The standard InChI is InChI=1S/C58H51N4O.Pt/c1-56(2,3)42-31-32-59-55(36-42)62-51-26-15-14-25-49(51)50-30-29-48(38-54(50)62)63-47-24-18-23-45(37-47)60-39-61(53-28-17-16-27-52(53)60)46-34-43(57(4,5)40-19-10-8-11-20-40)33-44(35-46)58(6,7)41-21-12-9-13-22-41;/h8-36,39H,1-7H3;/q-3;. The topological polar surface area (TPSA) is 33.5 Å². The molecular weight excluding hydrogens is 964 g/mol. The fourth-order valence-corrected chi connectivity index (χ4v) is 8.96.